The summed E-state index contributed by atoms with van der Waals surface area (Å²) in [6.45, 7) is 1.63. The topological polar surface area (TPSA) is 58.4 Å². The molecule has 29 heavy (non-hydrogen) atoms. The van der Waals surface area contributed by atoms with Crippen LogP contribution in [0.15, 0.2) is 36.4 Å². The molecule has 1 heterocycles. The Labute approximate surface area is 166 Å². The van der Waals surface area contributed by atoms with E-state index in [2.05, 4.69) is 5.32 Å². The maximum Gasteiger partial charge on any atom is 0.224 e. The van der Waals surface area contributed by atoms with Crippen LogP contribution in [0.1, 0.15) is 17.5 Å². The maximum atomic E-state index is 13.5. The lowest BCUT2D eigenvalue weighted by Crippen LogP contribution is -2.55. The number of amides is 1. The van der Waals surface area contributed by atoms with E-state index in [1.54, 1.807) is 4.90 Å². The molecule has 0 aromatic heterocycles. The van der Waals surface area contributed by atoms with Gasteiger partial charge in [0.1, 0.15) is 0 Å². The van der Waals surface area contributed by atoms with Gasteiger partial charge in [0.15, 0.2) is 23.3 Å². The van der Waals surface area contributed by atoms with Crippen LogP contribution in [0.2, 0.25) is 0 Å². The normalized spacial score (nSPS) is 18.0. The molecule has 1 aliphatic heterocycles. The fourth-order valence-corrected chi connectivity index (χ4v) is 3.59. The third-order valence-electron chi connectivity index (χ3n) is 5.04. The number of nitrogens with two attached hydrogens (primary N) is 1. The molecule has 8 heteroatoms. The summed E-state index contributed by atoms with van der Waals surface area (Å²) in [4.78, 5) is 14.5. The number of nitrogens with zero attached hydrogens (tertiary/aromatic N) is 1. The average molecular weight is 409 g/mol. The van der Waals surface area contributed by atoms with Crippen molar-refractivity contribution in [2.45, 2.75) is 31.3 Å². The lowest BCUT2D eigenvalue weighted by atomic mass is 10.00. The number of carbonyl (C=O) groups is 1. The first kappa shape index (κ1) is 21.3. The molecule has 2 atom stereocenters. The Balaban J connectivity index is 1.62. The Morgan fingerprint density at radius 1 is 1.03 bits per heavy atom. The molecule has 2 aromatic rings. The minimum atomic E-state index is -0.949. The predicted octanol–water partition coefficient (Wildman–Crippen LogP) is 2.55. The minimum Gasteiger partial charge on any atom is -0.337 e. The molecule has 0 radical (unpaired) electrons. The van der Waals surface area contributed by atoms with Crippen molar-refractivity contribution in [1.29, 1.82) is 0 Å². The highest BCUT2D eigenvalue weighted by Gasteiger charge is 2.28. The van der Waals surface area contributed by atoms with E-state index in [-0.39, 0.29) is 24.8 Å². The van der Waals surface area contributed by atoms with E-state index in [0.717, 1.165) is 24.3 Å². The molecule has 1 fully saturated rings. The van der Waals surface area contributed by atoms with Gasteiger partial charge in [0.2, 0.25) is 5.91 Å². The highest BCUT2D eigenvalue weighted by Crippen LogP contribution is 2.17. The Morgan fingerprint density at radius 3 is 2.31 bits per heavy atom. The zero-order chi connectivity index (χ0) is 21.0. The summed E-state index contributed by atoms with van der Waals surface area (Å²) in [5.74, 6) is -3.87. The average Bonchev–Trinajstić information content (AvgIpc) is 2.68. The second-order valence-electron chi connectivity index (χ2n) is 7.31. The monoisotopic (exact) mass is 409 g/mol. The van der Waals surface area contributed by atoms with E-state index in [9.17, 15) is 22.4 Å². The van der Waals surface area contributed by atoms with E-state index in [0.29, 0.717) is 37.2 Å². The van der Waals surface area contributed by atoms with Gasteiger partial charge >= 0.3 is 0 Å². The quantitative estimate of drug-likeness (QED) is 0.721. The second kappa shape index (κ2) is 9.37. The fraction of sp³-hybridized carbons (Fsp3) is 0.381. The lowest BCUT2D eigenvalue weighted by molar-refractivity contribution is -0.134. The summed E-state index contributed by atoms with van der Waals surface area (Å²) in [5, 5.41) is 3.20. The van der Waals surface area contributed by atoms with Gasteiger partial charge in [-0.1, -0.05) is 12.1 Å². The SMILES string of the molecule is N[C@@H](CC(=O)N1CCNC[C@H]1Cc1ccc(F)c(F)c1)Cc1ccc(F)c(F)c1. The van der Waals surface area contributed by atoms with E-state index in [1.165, 1.54) is 12.1 Å². The van der Waals surface area contributed by atoms with Gasteiger partial charge < -0.3 is 16.0 Å². The Kier molecular flexibility index (Phi) is 6.87. The van der Waals surface area contributed by atoms with Crippen LogP contribution in [0.5, 0.6) is 0 Å². The number of benzene rings is 2. The van der Waals surface area contributed by atoms with Crippen LogP contribution >= 0.6 is 0 Å². The number of piperazine rings is 1. The molecule has 1 saturated heterocycles. The van der Waals surface area contributed by atoms with Crippen LogP contribution in [-0.4, -0.2) is 42.5 Å². The molecule has 0 bridgehead atoms. The van der Waals surface area contributed by atoms with E-state index in [4.69, 9.17) is 5.73 Å². The van der Waals surface area contributed by atoms with E-state index < -0.39 is 29.3 Å². The van der Waals surface area contributed by atoms with Crippen LogP contribution in [0.3, 0.4) is 0 Å². The van der Waals surface area contributed by atoms with Crippen molar-refractivity contribution < 1.29 is 22.4 Å². The second-order valence-corrected chi connectivity index (χ2v) is 7.31. The lowest BCUT2D eigenvalue weighted by Gasteiger charge is -2.37. The highest BCUT2D eigenvalue weighted by atomic mass is 19.2. The molecule has 3 N–H and O–H groups in total. The molecule has 0 aliphatic carbocycles. The molecule has 2 aromatic carbocycles. The highest BCUT2D eigenvalue weighted by molar-refractivity contribution is 5.77. The summed E-state index contributed by atoms with van der Waals surface area (Å²) >= 11 is 0. The van der Waals surface area contributed by atoms with Crippen molar-refractivity contribution in [3.63, 3.8) is 0 Å². The summed E-state index contributed by atoms with van der Waals surface area (Å²) in [6.07, 6.45) is 0.671. The van der Waals surface area contributed by atoms with Crippen molar-refractivity contribution in [2.24, 2.45) is 5.73 Å². The molecule has 4 nitrogen and oxygen atoms in total. The molecule has 156 valence electrons. The number of hydrogen-bond acceptors (Lipinski definition) is 3. The van der Waals surface area contributed by atoms with E-state index >= 15 is 0 Å². The maximum absolute atomic E-state index is 13.5. The van der Waals surface area contributed by atoms with Gasteiger partial charge in [-0.25, -0.2) is 17.6 Å². The van der Waals surface area contributed by atoms with Gasteiger partial charge in [0.25, 0.3) is 0 Å². The van der Waals surface area contributed by atoms with Gasteiger partial charge in [0.05, 0.1) is 0 Å². The Morgan fingerprint density at radius 2 is 1.66 bits per heavy atom. The molecule has 0 saturated carbocycles. The number of nitrogens with one attached hydrogen (secondary N) is 1. The molecule has 3 rings (SSSR count). The largest absolute Gasteiger partial charge is 0.337 e. The van der Waals surface area contributed by atoms with Crippen LogP contribution in [0.25, 0.3) is 0 Å². The van der Waals surface area contributed by atoms with Gasteiger partial charge in [0, 0.05) is 38.1 Å². The number of rotatable bonds is 6. The minimum absolute atomic E-state index is 0.0489. The predicted molar refractivity (Wildman–Crippen MR) is 101 cm³/mol. The van der Waals surface area contributed by atoms with Gasteiger partial charge in [-0.05, 0) is 48.2 Å². The molecule has 0 spiro atoms. The summed E-state index contributed by atoms with van der Waals surface area (Å²) in [5.41, 5.74) is 7.18. The molecule has 1 aliphatic rings. The Hall–Kier alpha value is -2.45. The molecular weight excluding hydrogens is 386 g/mol. The molecule has 1 amide bonds. The van der Waals surface area contributed by atoms with Crippen LogP contribution < -0.4 is 11.1 Å². The van der Waals surface area contributed by atoms with Crippen LogP contribution in [0.4, 0.5) is 17.6 Å². The first-order valence-corrected chi connectivity index (χ1v) is 9.47. The number of hydrogen-bond donors (Lipinski definition) is 2. The fourth-order valence-electron chi connectivity index (χ4n) is 3.59. The molecule has 0 unspecified atom stereocenters. The standard InChI is InChI=1S/C21H23F4N3O/c22-17-3-1-13(9-19(17)24)7-15(26)11-21(29)28-6-5-27-12-16(28)8-14-2-4-18(23)20(25)10-14/h1-4,9-10,15-16,27H,5-8,11-12,26H2/t15-,16-/m1/s1. The number of carbonyl (C=O) groups excluding carboxylic acids is 1. The van der Waals surface area contributed by atoms with Crippen LogP contribution in [0, 0.1) is 23.3 Å². The van der Waals surface area contributed by atoms with Crippen LogP contribution in [-0.2, 0) is 17.6 Å². The van der Waals surface area contributed by atoms with Crippen molar-refractivity contribution >= 4 is 5.91 Å². The zero-order valence-electron chi connectivity index (χ0n) is 15.8. The van der Waals surface area contributed by atoms with Gasteiger partial charge in [-0.2, -0.15) is 0 Å². The van der Waals surface area contributed by atoms with Crippen molar-refractivity contribution in [1.82, 2.24) is 10.2 Å². The summed E-state index contributed by atoms with van der Waals surface area (Å²) < 4.78 is 53.0. The third kappa shape index (κ3) is 5.55. The van der Waals surface area contributed by atoms with Crippen molar-refractivity contribution in [3.8, 4) is 0 Å². The zero-order valence-corrected chi connectivity index (χ0v) is 15.8. The third-order valence-corrected chi connectivity index (χ3v) is 5.04. The van der Waals surface area contributed by atoms with Crippen molar-refractivity contribution in [3.05, 3.63) is 70.8 Å². The number of halogens is 4. The first-order valence-electron chi connectivity index (χ1n) is 9.47. The van der Waals surface area contributed by atoms with Crippen molar-refractivity contribution in [2.75, 3.05) is 19.6 Å². The summed E-state index contributed by atoms with van der Waals surface area (Å²) in [7, 11) is 0. The Bertz CT molecular complexity index is 877. The molecular formula is C21H23F4N3O. The smallest absolute Gasteiger partial charge is 0.224 e. The van der Waals surface area contributed by atoms with Gasteiger partial charge in [-0.15, -0.1) is 0 Å². The summed E-state index contributed by atoms with van der Waals surface area (Å²) in [6, 6.07) is 6.52. The first-order chi connectivity index (χ1) is 13.8. The van der Waals surface area contributed by atoms with Gasteiger partial charge in [-0.3, -0.25) is 4.79 Å². The van der Waals surface area contributed by atoms with E-state index in [1.807, 2.05) is 0 Å².